The lowest BCUT2D eigenvalue weighted by Gasteiger charge is -2.22. The van der Waals surface area contributed by atoms with Gasteiger partial charge in [-0.25, -0.2) is 0 Å². The second-order valence-corrected chi connectivity index (χ2v) is 6.90. The quantitative estimate of drug-likeness (QED) is 0.779. The zero-order valence-electron chi connectivity index (χ0n) is 13.3. The van der Waals surface area contributed by atoms with Crippen LogP contribution in [0.3, 0.4) is 0 Å². The molecule has 21 heavy (non-hydrogen) atoms. The summed E-state index contributed by atoms with van der Waals surface area (Å²) in [5.74, 6) is 1.59. The summed E-state index contributed by atoms with van der Waals surface area (Å²) in [4.78, 5) is 4.61. The Morgan fingerprint density at radius 2 is 1.86 bits per heavy atom. The first kappa shape index (κ1) is 14.1. The smallest absolute Gasteiger partial charge is 0.120 e. The maximum absolute atomic E-state index is 5.95. The third-order valence-electron chi connectivity index (χ3n) is 3.71. The second kappa shape index (κ2) is 5.18. The Morgan fingerprint density at radius 3 is 2.48 bits per heavy atom. The molecule has 0 radical (unpaired) electrons. The molecule has 1 saturated carbocycles. The molecule has 0 saturated heterocycles. The van der Waals surface area contributed by atoms with Gasteiger partial charge in [-0.3, -0.25) is 4.98 Å². The van der Waals surface area contributed by atoms with Crippen molar-refractivity contribution in [2.45, 2.75) is 52.1 Å². The lowest BCUT2D eigenvalue weighted by Crippen LogP contribution is -2.22. The van der Waals surface area contributed by atoms with Crippen molar-refractivity contribution in [2.75, 3.05) is 0 Å². The lowest BCUT2D eigenvalue weighted by atomic mass is 9.97. The van der Waals surface area contributed by atoms with Crippen molar-refractivity contribution in [1.29, 1.82) is 0 Å². The van der Waals surface area contributed by atoms with Gasteiger partial charge in [-0.15, -0.1) is 0 Å². The maximum atomic E-state index is 5.95. The molecule has 1 aliphatic carbocycles. The number of hydrogen-bond acceptors (Lipinski definition) is 2. The molecule has 3 rings (SSSR count). The summed E-state index contributed by atoms with van der Waals surface area (Å²) in [6, 6.07) is 10.6. The van der Waals surface area contributed by atoms with Crippen molar-refractivity contribution in [3.8, 4) is 16.9 Å². The van der Waals surface area contributed by atoms with E-state index in [1.54, 1.807) is 0 Å². The predicted octanol–water partition coefficient (Wildman–Crippen LogP) is 5.11. The summed E-state index contributed by atoms with van der Waals surface area (Å²) >= 11 is 0. The van der Waals surface area contributed by atoms with Crippen molar-refractivity contribution in [3.63, 3.8) is 0 Å². The van der Waals surface area contributed by atoms with E-state index >= 15 is 0 Å². The van der Waals surface area contributed by atoms with Gasteiger partial charge in [0, 0.05) is 17.7 Å². The van der Waals surface area contributed by atoms with Crippen LogP contribution in [0.2, 0.25) is 0 Å². The minimum Gasteiger partial charge on any atom is -0.488 e. The third-order valence-corrected chi connectivity index (χ3v) is 3.71. The fourth-order valence-corrected chi connectivity index (χ4v) is 2.68. The first-order chi connectivity index (χ1) is 9.94. The van der Waals surface area contributed by atoms with E-state index in [0.29, 0.717) is 5.92 Å². The molecule has 2 heteroatoms. The molecule has 0 bridgehead atoms. The molecule has 0 amide bonds. The van der Waals surface area contributed by atoms with E-state index in [-0.39, 0.29) is 5.60 Å². The zero-order chi connectivity index (χ0) is 15.0. The van der Waals surface area contributed by atoms with E-state index in [0.717, 1.165) is 5.75 Å². The van der Waals surface area contributed by atoms with E-state index in [1.807, 2.05) is 12.3 Å². The average molecular weight is 281 g/mol. The standard InChI is InChI=1S/C19H23NO/c1-13-12-15(21-19(2,3)4)9-10-16(13)17-6-5-11-20-18(17)14-7-8-14/h5-6,9-12,14H,7-8H2,1-4H3. The fourth-order valence-electron chi connectivity index (χ4n) is 2.68. The number of benzene rings is 1. The number of pyridine rings is 1. The number of rotatable bonds is 3. The van der Waals surface area contributed by atoms with Crippen LogP contribution in [-0.4, -0.2) is 10.6 Å². The Bertz CT molecular complexity index is 651. The van der Waals surface area contributed by atoms with E-state index in [2.05, 4.69) is 56.9 Å². The van der Waals surface area contributed by atoms with E-state index in [9.17, 15) is 0 Å². The molecule has 0 atom stereocenters. The first-order valence-electron chi connectivity index (χ1n) is 7.69. The molecule has 110 valence electrons. The zero-order valence-corrected chi connectivity index (χ0v) is 13.3. The van der Waals surface area contributed by atoms with Crippen LogP contribution in [-0.2, 0) is 0 Å². The van der Waals surface area contributed by atoms with Crippen molar-refractivity contribution < 1.29 is 4.74 Å². The molecule has 1 aliphatic rings. The Labute approximate surface area is 127 Å². The average Bonchev–Trinajstić information content (AvgIpc) is 3.21. The van der Waals surface area contributed by atoms with Crippen LogP contribution in [0.4, 0.5) is 0 Å². The largest absolute Gasteiger partial charge is 0.488 e. The molecular weight excluding hydrogens is 258 g/mol. The van der Waals surface area contributed by atoms with Crippen LogP contribution in [0.15, 0.2) is 36.5 Å². The van der Waals surface area contributed by atoms with Gasteiger partial charge in [0.2, 0.25) is 0 Å². The summed E-state index contributed by atoms with van der Waals surface area (Å²) in [5, 5.41) is 0. The summed E-state index contributed by atoms with van der Waals surface area (Å²) < 4.78 is 5.95. The summed E-state index contributed by atoms with van der Waals surface area (Å²) in [6.07, 6.45) is 4.45. The van der Waals surface area contributed by atoms with E-state index in [4.69, 9.17) is 4.74 Å². The molecule has 1 heterocycles. The van der Waals surface area contributed by atoms with Crippen LogP contribution in [0, 0.1) is 6.92 Å². The number of hydrogen-bond donors (Lipinski definition) is 0. The number of aryl methyl sites for hydroxylation is 1. The minimum absolute atomic E-state index is 0.165. The highest BCUT2D eigenvalue weighted by atomic mass is 16.5. The molecule has 2 nitrogen and oxygen atoms in total. The summed E-state index contributed by atoms with van der Waals surface area (Å²) in [5.41, 5.74) is 4.88. The summed E-state index contributed by atoms with van der Waals surface area (Å²) in [7, 11) is 0. The Hall–Kier alpha value is -1.83. The van der Waals surface area contributed by atoms with Crippen LogP contribution >= 0.6 is 0 Å². The number of aromatic nitrogens is 1. The van der Waals surface area contributed by atoms with Crippen LogP contribution in [0.1, 0.15) is 50.8 Å². The molecule has 0 N–H and O–H groups in total. The SMILES string of the molecule is Cc1cc(OC(C)(C)C)ccc1-c1cccnc1C1CC1. The van der Waals surface area contributed by atoms with Gasteiger partial charge in [0.1, 0.15) is 11.4 Å². The molecule has 1 aromatic carbocycles. The monoisotopic (exact) mass is 281 g/mol. The van der Waals surface area contributed by atoms with E-state index < -0.39 is 0 Å². The Kier molecular flexibility index (Phi) is 3.48. The van der Waals surface area contributed by atoms with Gasteiger partial charge < -0.3 is 4.74 Å². The Balaban J connectivity index is 1.96. The van der Waals surface area contributed by atoms with Crippen molar-refractivity contribution in [3.05, 3.63) is 47.8 Å². The van der Waals surface area contributed by atoms with Gasteiger partial charge in [0.25, 0.3) is 0 Å². The van der Waals surface area contributed by atoms with E-state index in [1.165, 1.54) is 35.2 Å². The third kappa shape index (κ3) is 3.26. The Morgan fingerprint density at radius 1 is 1.10 bits per heavy atom. The van der Waals surface area contributed by atoms with Gasteiger partial charge in [-0.1, -0.05) is 12.1 Å². The number of nitrogens with zero attached hydrogens (tertiary/aromatic N) is 1. The highest BCUT2D eigenvalue weighted by molar-refractivity contribution is 5.71. The van der Waals surface area contributed by atoms with Gasteiger partial charge in [0.15, 0.2) is 0 Å². The molecule has 1 fully saturated rings. The highest BCUT2D eigenvalue weighted by Gasteiger charge is 2.28. The minimum atomic E-state index is -0.165. The maximum Gasteiger partial charge on any atom is 0.120 e. The molecule has 0 spiro atoms. The van der Waals surface area contributed by atoms with Gasteiger partial charge in [-0.05, 0) is 69.9 Å². The number of ether oxygens (including phenoxy) is 1. The topological polar surface area (TPSA) is 22.1 Å². The normalized spacial score (nSPS) is 15.0. The molecule has 2 aromatic rings. The molecule has 0 aliphatic heterocycles. The van der Waals surface area contributed by atoms with Gasteiger partial charge >= 0.3 is 0 Å². The lowest BCUT2D eigenvalue weighted by molar-refractivity contribution is 0.131. The second-order valence-electron chi connectivity index (χ2n) is 6.90. The van der Waals surface area contributed by atoms with Crippen molar-refractivity contribution in [2.24, 2.45) is 0 Å². The van der Waals surface area contributed by atoms with Crippen molar-refractivity contribution in [1.82, 2.24) is 4.98 Å². The summed E-state index contributed by atoms with van der Waals surface area (Å²) in [6.45, 7) is 8.36. The fraction of sp³-hybridized carbons (Fsp3) is 0.421. The van der Waals surface area contributed by atoms with Crippen LogP contribution in [0.5, 0.6) is 5.75 Å². The van der Waals surface area contributed by atoms with Crippen LogP contribution < -0.4 is 4.74 Å². The molecular formula is C19H23NO. The van der Waals surface area contributed by atoms with Gasteiger partial charge in [-0.2, -0.15) is 0 Å². The molecule has 1 aromatic heterocycles. The molecule has 0 unspecified atom stereocenters. The highest BCUT2D eigenvalue weighted by Crippen LogP contribution is 2.43. The predicted molar refractivity (Wildman–Crippen MR) is 86.8 cm³/mol. The first-order valence-corrected chi connectivity index (χ1v) is 7.69. The van der Waals surface area contributed by atoms with Gasteiger partial charge in [0.05, 0.1) is 5.69 Å². The van der Waals surface area contributed by atoms with Crippen molar-refractivity contribution >= 4 is 0 Å². The van der Waals surface area contributed by atoms with Crippen LogP contribution in [0.25, 0.3) is 11.1 Å².